The van der Waals surface area contributed by atoms with E-state index in [9.17, 15) is 0 Å². The summed E-state index contributed by atoms with van der Waals surface area (Å²) >= 11 is 0. The zero-order valence-electron chi connectivity index (χ0n) is 22.7. The lowest BCUT2D eigenvalue weighted by atomic mass is 10.1. The second-order valence-corrected chi connectivity index (χ2v) is 12.9. The molecule has 31 heavy (non-hydrogen) atoms. The Labute approximate surface area is 200 Å². The van der Waals surface area contributed by atoms with Crippen LogP contribution in [0.15, 0.2) is 0 Å². The van der Waals surface area contributed by atoms with E-state index < -0.39 is 0 Å². The third-order valence-corrected chi connectivity index (χ3v) is 12.7. The fourth-order valence-corrected chi connectivity index (χ4v) is 9.99. The maximum Gasteiger partial charge on any atom is 0.0394 e. The molecule has 0 spiro atoms. The quantitative estimate of drug-likeness (QED) is 0.117. The van der Waals surface area contributed by atoms with Gasteiger partial charge in [0, 0.05) is 68.8 Å². The Hall–Kier alpha value is 0.700. The van der Waals surface area contributed by atoms with Crippen LogP contribution in [0, 0.1) is 0 Å². The Bertz CT molecular complexity index is 313. The Morgan fingerprint density at radius 2 is 0.516 bits per heavy atom. The third-order valence-electron chi connectivity index (χ3n) is 6.44. The van der Waals surface area contributed by atoms with Gasteiger partial charge in [-0.15, -0.1) is 0 Å². The van der Waals surface area contributed by atoms with E-state index in [4.69, 9.17) is 0 Å². The van der Waals surface area contributed by atoms with E-state index in [-0.39, 0.29) is 16.4 Å². The zero-order valence-corrected chi connectivity index (χ0v) is 24.5. The van der Waals surface area contributed by atoms with Crippen LogP contribution in [-0.4, -0.2) is 83.4 Å². The van der Waals surface area contributed by atoms with Gasteiger partial charge in [0.15, 0.2) is 0 Å². The lowest BCUT2D eigenvalue weighted by Crippen LogP contribution is -2.30. The molecule has 0 bridgehead atoms. The van der Waals surface area contributed by atoms with Crippen LogP contribution < -0.4 is 0 Å². The molecule has 0 rings (SSSR count). The smallest absolute Gasteiger partial charge is 0.0394 e. The molecule has 0 aromatic heterocycles. The summed E-state index contributed by atoms with van der Waals surface area (Å²) in [6.45, 7) is 28.2. The fourth-order valence-electron chi connectivity index (χ4n) is 4.51. The summed E-state index contributed by atoms with van der Waals surface area (Å²) < 4.78 is 10.9. The molecule has 188 valence electrons. The summed E-state index contributed by atoms with van der Waals surface area (Å²) in [7, 11) is -0.171. The number of hydrogen-bond acceptors (Lipinski definition) is 4. The van der Waals surface area contributed by atoms with Crippen LogP contribution in [0.25, 0.3) is 0 Å². The molecule has 0 atom stereocenters. The van der Waals surface area contributed by atoms with Crippen molar-refractivity contribution in [3.8, 4) is 0 Å². The second kappa shape index (κ2) is 21.2. The van der Waals surface area contributed by atoms with Gasteiger partial charge in [0.05, 0.1) is 0 Å². The first-order valence-corrected chi connectivity index (χ1v) is 16.5. The highest BCUT2D eigenvalue weighted by Gasteiger charge is 2.21. The topological polar surface area (TPSA) is 13.0 Å². The highest BCUT2D eigenvalue weighted by atomic mass is 31.1. The first-order chi connectivity index (χ1) is 15.1. The normalized spacial score (nSPS) is 12.6. The summed E-state index contributed by atoms with van der Waals surface area (Å²) in [5.41, 5.74) is 0. The van der Waals surface area contributed by atoms with Crippen molar-refractivity contribution in [3.63, 3.8) is 0 Å². The molecule has 0 N–H and O–H groups in total. The molecule has 0 unspecified atom stereocenters. The number of unbranched alkanes of at least 4 members (excludes halogenated alkanes) is 6. The van der Waals surface area contributed by atoms with Gasteiger partial charge in [-0.2, -0.15) is 0 Å². The standard InChI is InChI=1S/C25H58N4P2/c1-9-26(10-2)30(27(11-3)12-4)24-22-20-18-17-19-21-23-25-31(28(13-5)14-6)29(15-7)16-8/h9-25H2,1-8H3. The molecule has 0 saturated carbocycles. The molecule has 0 aromatic rings. The number of hydrogen-bond donors (Lipinski definition) is 0. The molecular formula is C25H58N4P2. The molecule has 6 heteroatoms. The van der Waals surface area contributed by atoms with E-state index in [0.29, 0.717) is 0 Å². The predicted molar refractivity (Wildman–Crippen MR) is 148 cm³/mol. The molecule has 0 aromatic carbocycles. The molecule has 0 aliphatic rings. The minimum Gasteiger partial charge on any atom is -0.270 e. The summed E-state index contributed by atoms with van der Waals surface area (Å²) in [4.78, 5) is 0. The maximum absolute atomic E-state index is 2.71. The first-order valence-electron chi connectivity index (χ1n) is 13.6. The predicted octanol–water partition coefficient (Wildman–Crippen LogP) is 7.71. The van der Waals surface area contributed by atoms with Crippen molar-refractivity contribution >= 4 is 16.4 Å². The summed E-state index contributed by atoms with van der Waals surface area (Å²) in [5, 5.41) is 0. The summed E-state index contributed by atoms with van der Waals surface area (Å²) in [6.07, 6.45) is 12.8. The van der Waals surface area contributed by atoms with E-state index in [0.717, 1.165) is 0 Å². The van der Waals surface area contributed by atoms with Crippen molar-refractivity contribution in [2.75, 3.05) is 64.7 Å². The average Bonchev–Trinajstić information content (AvgIpc) is 2.80. The van der Waals surface area contributed by atoms with Crippen molar-refractivity contribution in [3.05, 3.63) is 0 Å². The van der Waals surface area contributed by atoms with Crippen molar-refractivity contribution in [1.82, 2.24) is 18.7 Å². The molecule has 0 radical (unpaired) electrons. The maximum atomic E-state index is 2.71. The molecule has 0 aliphatic heterocycles. The lowest BCUT2D eigenvalue weighted by Gasteiger charge is -2.37. The Morgan fingerprint density at radius 3 is 0.710 bits per heavy atom. The Balaban J connectivity index is 4.17. The van der Waals surface area contributed by atoms with E-state index in [1.165, 1.54) is 110 Å². The average molecular weight is 477 g/mol. The van der Waals surface area contributed by atoms with Crippen molar-refractivity contribution in [2.24, 2.45) is 0 Å². The zero-order chi connectivity index (χ0) is 23.5. The minimum atomic E-state index is -0.0857. The molecule has 4 nitrogen and oxygen atoms in total. The molecule has 0 fully saturated rings. The van der Waals surface area contributed by atoms with Gasteiger partial charge in [-0.05, 0) is 25.2 Å². The van der Waals surface area contributed by atoms with E-state index >= 15 is 0 Å². The number of rotatable bonds is 22. The van der Waals surface area contributed by atoms with Gasteiger partial charge >= 0.3 is 0 Å². The van der Waals surface area contributed by atoms with Gasteiger partial charge in [0.1, 0.15) is 0 Å². The SMILES string of the molecule is CCN(CC)P(CCCCCCCCCP(N(CC)CC)N(CC)CC)N(CC)CC. The van der Waals surface area contributed by atoms with E-state index in [1.807, 2.05) is 0 Å². The minimum absolute atomic E-state index is 0.0857. The van der Waals surface area contributed by atoms with E-state index in [2.05, 4.69) is 74.1 Å². The van der Waals surface area contributed by atoms with Gasteiger partial charge in [-0.1, -0.05) is 87.5 Å². The number of nitrogens with zero attached hydrogens (tertiary/aromatic N) is 4. The van der Waals surface area contributed by atoms with Gasteiger partial charge in [0.25, 0.3) is 0 Å². The van der Waals surface area contributed by atoms with Crippen molar-refractivity contribution in [2.45, 2.75) is 100 Å². The Kier molecular flexibility index (Phi) is 21.7. The molecule has 0 heterocycles. The van der Waals surface area contributed by atoms with Gasteiger partial charge in [-0.25, -0.2) is 0 Å². The monoisotopic (exact) mass is 476 g/mol. The highest BCUT2D eigenvalue weighted by molar-refractivity contribution is 7.52. The van der Waals surface area contributed by atoms with Gasteiger partial charge in [-0.3, -0.25) is 18.7 Å². The van der Waals surface area contributed by atoms with Crippen molar-refractivity contribution in [1.29, 1.82) is 0 Å². The van der Waals surface area contributed by atoms with Crippen LogP contribution in [0.5, 0.6) is 0 Å². The largest absolute Gasteiger partial charge is 0.270 e. The van der Waals surface area contributed by atoms with Crippen LogP contribution >= 0.6 is 16.4 Å². The van der Waals surface area contributed by atoms with Crippen LogP contribution in [0.2, 0.25) is 0 Å². The fraction of sp³-hybridized carbons (Fsp3) is 1.00. The Morgan fingerprint density at radius 1 is 0.323 bits per heavy atom. The second-order valence-electron chi connectivity index (χ2n) is 8.22. The molecular weight excluding hydrogens is 418 g/mol. The molecule has 0 amide bonds. The first kappa shape index (κ1) is 31.7. The van der Waals surface area contributed by atoms with Crippen LogP contribution in [0.4, 0.5) is 0 Å². The van der Waals surface area contributed by atoms with Crippen molar-refractivity contribution < 1.29 is 0 Å². The molecule has 0 saturated heterocycles. The van der Waals surface area contributed by atoms with E-state index in [1.54, 1.807) is 0 Å². The lowest BCUT2D eigenvalue weighted by molar-refractivity contribution is 0.420. The summed E-state index contributed by atoms with van der Waals surface area (Å²) in [6, 6.07) is 0. The summed E-state index contributed by atoms with van der Waals surface area (Å²) in [5.74, 6) is 0. The highest BCUT2D eigenvalue weighted by Crippen LogP contribution is 2.45. The third kappa shape index (κ3) is 12.7. The van der Waals surface area contributed by atoms with Gasteiger partial charge < -0.3 is 0 Å². The molecule has 0 aliphatic carbocycles. The van der Waals surface area contributed by atoms with Crippen LogP contribution in [-0.2, 0) is 0 Å². The van der Waals surface area contributed by atoms with Crippen LogP contribution in [0.1, 0.15) is 100 Å². The van der Waals surface area contributed by atoms with Gasteiger partial charge in [0.2, 0.25) is 0 Å². The van der Waals surface area contributed by atoms with Crippen LogP contribution in [0.3, 0.4) is 0 Å².